The van der Waals surface area contributed by atoms with E-state index in [2.05, 4.69) is 126 Å². The van der Waals surface area contributed by atoms with Gasteiger partial charge in [0, 0.05) is 38.7 Å². The zero-order chi connectivity index (χ0) is 26.9. The van der Waals surface area contributed by atoms with Gasteiger partial charge in [0.25, 0.3) is 0 Å². The Labute approximate surface area is 237 Å². The Morgan fingerprint density at radius 2 is 1.10 bits per heavy atom. The zero-order valence-electron chi connectivity index (χ0n) is 22.1. The predicted octanol–water partition coefficient (Wildman–Crippen LogP) is 10.2. The average Bonchev–Trinajstić information content (AvgIpc) is 3.36. The van der Waals surface area contributed by atoms with Gasteiger partial charge in [-0.2, -0.15) is 0 Å². The second kappa shape index (κ2) is 8.48. The molecule has 1 heterocycles. The van der Waals surface area contributed by atoms with Crippen LogP contribution in [0.3, 0.4) is 0 Å². The lowest BCUT2D eigenvalue weighted by Gasteiger charge is -2.29. The van der Waals surface area contributed by atoms with Crippen LogP contribution >= 0.6 is 0 Å². The smallest absolute Gasteiger partial charge is 0.0986 e. The van der Waals surface area contributed by atoms with Crippen LogP contribution in [0.25, 0.3) is 65.9 Å². The molecule has 0 unspecified atom stereocenters. The molecule has 7 aromatic carbocycles. The molecular weight excluding hydrogens is 498 g/mol. The summed E-state index contributed by atoms with van der Waals surface area (Å²) in [5.74, 6) is 0. The van der Waals surface area contributed by atoms with Gasteiger partial charge in [0.15, 0.2) is 0 Å². The molecule has 1 aromatic heterocycles. The summed E-state index contributed by atoms with van der Waals surface area (Å²) in [5, 5.41) is 7.23. The monoisotopic (exact) mass is 521 g/mol. The molecule has 0 radical (unpaired) electrons. The molecule has 0 fully saturated rings. The molecule has 0 N–H and O–H groups in total. The SMILES string of the molecule is c1ccc(N(c2ccc3ccccc3c2)c2c3ccccc3c3c4c(cccc24)-c2nc4ccccc4nc2-3)cc1. The van der Waals surface area contributed by atoms with E-state index in [9.17, 15) is 0 Å². The highest BCUT2D eigenvalue weighted by Crippen LogP contribution is 2.54. The molecule has 9 rings (SSSR count). The van der Waals surface area contributed by atoms with E-state index in [1.807, 2.05) is 18.2 Å². The minimum Gasteiger partial charge on any atom is -0.309 e. The quantitative estimate of drug-likeness (QED) is 0.217. The molecule has 1 aliphatic rings. The summed E-state index contributed by atoms with van der Waals surface area (Å²) < 4.78 is 0. The second-order valence-corrected chi connectivity index (χ2v) is 10.6. The van der Waals surface area contributed by atoms with Crippen LogP contribution in [0.5, 0.6) is 0 Å². The van der Waals surface area contributed by atoms with Crippen molar-refractivity contribution in [3.05, 3.63) is 140 Å². The Balaban J connectivity index is 1.43. The first kappa shape index (κ1) is 22.3. The fourth-order valence-corrected chi connectivity index (χ4v) is 6.55. The first-order chi connectivity index (χ1) is 20.3. The molecule has 3 nitrogen and oxygen atoms in total. The number of aromatic nitrogens is 2. The molecule has 3 heteroatoms. The van der Waals surface area contributed by atoms with Crippen LogP contribution in [-0.2, 0) is 0 Å². The van der Waals surface area contributed by atoms with E-state index in [-0.39, 0.29) is 0 Å². The van der Waals surface area contributed by atoms with E-state index in [1.54, 1.807) is 0 Å². The van der Waals surface area contributed by atoms with Gasteiger partial charge in [-0.3, -0.25) is 0 Å². The van der Waals surface area contributed by atoms with E-state index >= 15 is 0 Å². The highest BCUT2D eigenvalue weighted by molar-refractivity contribution is 6.29. The molecule has 0 amide bonds. The predicted molar refractivity (Wildman–Crippen MR) is 171 cm³/mol. The molecule has 1 aliphatic carbocycles. The average molecular weight is 522 g/mol. The Kier molecular flexibility index (Phi) is 4.61. The third kappa shape index (κ3) is 3.20. The maximum absolute atomic E-state index is 5.19. The van der Waals surface area contributed by atoms with Crippen molar-refractivity contribution in [2.24, 2.45) is 0 Å². The Morgan fingerprint density at radius 3 is 1.93 bits per heavy atom. The van der Waals surface area contributed by atoms with E-state index < -0.39 is 0 Å². The van der Waals surface area contributed by atoms with E-state index in [0.717, 1.165) is 39.4 Å². The number of benzene rings is 7. The Morgan fingerprint density at radius 1 is 0.439 bits per heavy atom. The third-order valence-corrected chi connectivity index (χ3v) is 8.31. The van der Waals surface area contributed by atoms with Crippen LogP contribution in [0.1, 0.15) is 0 Å². The molecule has 0 atom stereocenters. The Hall–Kier alpha value is -5.54. The van der Waals surface area contributed by atoms with Crippen molar-refractivity contribution in [3.8, 4) is 22.5 Å². The molecule has 0 saturated carbocycles. The number of anilines is 3. The number of nitrogens with zero attached hydrogens (tertiary/aromatic N) is 3. The summed E-state index contributed by atoms with van der Waals surface area (Å²) in [6.07, 6.45) is 0. The topological polar surface area (TPSA) is 29.0 Å². The summed E-state index contributed by atoms with van der Waals surface area (Å²) in [4.78, 5) is 12.8. The van der Waals surface area contributed by atoms with Gasteiger partial charge < -0.3 is 4.90 Å². The maximum Gasteiger partial charge on any atom is 0.0986 e. The summed E-state index contributed by atoms with van der Waals surface area (Å²) in [5.41, 5.74) is 9.49. The number of hydrogen-bond donors (Lipinski definition) is 0. The largest absolute Gasteiger partial charge is 0.309 e. The summed E-state index contributed by atoms with van der Waals surface area (Å²) >= 11 is 0. The van der Waals surface area contributed by atoms with Crippen molar-refractivity contribution < 1.29 is 0 Å². The molecular formula is C38H23N3. The minimum absolute atomic E-state index is 0.919. The third-order valence-electron chi connectivity index (χ3n) is 8.31. The maximum atomic E-state index is 5.19. The lowest BCUT2D eigenvalue weighted by atomic mass is 9.93. The van der Waals surface area contributed by atoms with Crippen molar-refractivity contribution in [1.82, 2.24) is 9.97 Å². The fraction of sp³-hybridized carbons (Fsp3) is 0. The standard InChI is InChI=1S/C38H23N3/c1-2-13-26(14-3-1)41(27-22-21-24-11-4-5-12-25(24)23-27)38-29-16-7-6-15-28(29)35-34-30(17-10-18-31(34)38)36-37(35)40-33-20-9-8-19-32(33)39-36/h1-23H. The van der Waals surface area contributed by atoms with E-state index in [1.165, 1.54) is 43.6 Å². The minimum atomic E-state index is 0.919. The first-order valence-electron chi connectivity index (χ1n) is 13.9. The summed E-state index contributed by atoms with van der Waals surface area (Å²) in [7, 11) is 0. The molecule has 41 heavy (non-hydrogen) atoms. The highest BCUT2D eigenvalue weighted by atomic mass is 15.1. The van der Waals surface area contributed by atoms with Crippen LogP contribution < -0.4 is 4.90 Å². The van der Waals surface area contributed by atoms with Crippen molar-refractivity contribution in [2.75, 3.05) is 4.90 Å². The number of fused-ring (bicyclic) bond motifs is 7. The van der Waals surface area contributed by atoms with Gasteiger partial charge in [-0.15, -0.1) is 0 Å². The molecule has 8 aromatic rings. The molecule has 190 valence electrons. The fourth-order valence-electron chi connectivity index (χ4n) is 6.55. The van der Waals surface area contributed by atoms with E-state index in [4.69, 9.17) is 9.97 Å². The van der Waals surface area contributed by atoms with Gasteiger partial charge in [-0.25, -0.2) is 9.97 Å². The lowest BCUT2D eigenvalue weighted by molar-refractivity contribution is 1.31. The number of para-hydroxylation sites is 3. The van der Waals surface area contributed by atoms with Gasteiger partial charge >= 0.3 is 0 Å². The zero-order valence-corrected chi connectivity index (χ0v) is 22.1. The lowest BCUT2D eigenvalue weighted by Crippen LogP contribution is -2.11. The van der Waals surface area contributed by atoms with Crippen LogP contribution in [0.4, 0.5) is 17.1 Å². The van der Waals surface area contributed by atoms with Crippen LogP contribution in [0.15, 0.2) is 140 Å². The summed E-state index contributed by atoms with van der Waals surface area (Å²) in [6.45, 7) is 0. The first-order valence-corrected chi connectivity index (χ1v) is 13.9. The van der Waals surface area contributed by atoms with Crippen molar-refractivity contribution >= 4 is 60.4 Å². The van der Waals surface area contributed by atoms with Crippen LogP contribution in [-0.4, -0.2) is 9.97 Å². The number of hydrogen-bond acceptors (Lipinski definition) is 3. The van der Waals surface area contributed by atoms with E-state index in [0.29, 0.717) is 0 Å². The van der Waals surface area contributed by atoms with Crippen LogP contribution in [0.2, 0.25) is 0 Å². The molecule has 0 saturated heterocycles. The van der Waals surface area contributed by atoms with Gasteiger partial charge in [0.2, 0.25) is 0 Å². The molecule has 0 spiro atoms. The normalized spacial score (nSPS) is 11.9. The van der Waals surface area contributed by atoms with Crippen molar-refractivity contribution in [3.63, 3.8) is 0 Å². The van der Waals surface area contributed by atoms with Crippen molar-refractivity contribution in [1.29, 1.82) is 0 Å². The van der Waals surface area contributed by atoms with Gasteiger partial charge in [0.1, 0.15) is 0 Å². The summed E-state index contributed by atoms with van der Waals surface area (Å²) in [6, 6.07) is 49.5. The van der Waals surface area contributed by atoms with Gasteiger partial charge in [-0.1, -0.05) is 103 Å². The Bertz CT molecular complexity index is 2320. The highest BCUT2D eigenvalue weighted by Gasteiger charge is 2.30. The van der Waals surface area contributed by atoms with Crippen LogP contribution in [0, 0.1) is 0 Å². The van der Waals surface area contributed by atoms with Crippen molar-refractivity contribution in [2.45, 2.75) is 0 Å². The molecule has 0 bridgehead atoms. The van der Waals surface area contributed by atoms with Gasteiger partial charge in [0.05, 0.1) is 28.1 Å². The second-order valence-electron chi connectivity index (χ2n) is 10.6. The van der Waals surface area contributed by atoms with Gasteiger partial charge in [-0.05, 0) is 52.6 Å². The molecule has 0 aliphatic heterocycles. The number of rotatable bonds is 3.